The lowest BCUT2D eigenvalue weighted by molar-refractivity contribution is 0.125. The van der Waals surface area contributed by atoms with Gasteiger partial charge in [0.25, 0.3) is 0 Å². The molecule has 0 aromatic rings. The number of nitrogens with one attached hydrogen (secondary N) is 1. The van der Waals surface area contributed by atoms with E-state index in [9.17, 15) is 0 Å². The van der Waals surface area contributed by atoms with Gasteiger partial charge < -0.3 is 10.4 Å². The minimum atomic E-state index is 0.327. The van der Waals surface area contributed by atoms with E-state index in [2.05, 4.69) is 10.2 Å². The van der Waals surface area contributed by atoms with Gasteiger partial charge >= 0.3 is 0 Å². The Morgan fingerprint density at radius 1 is 1.38 bits per heavy atom. The molecule has 0 bridgehead atoms. The van der Waals surface area contributed by atoms with Crippen LogP contribution in [0.3, 0.4) is 0 Å². The number of hydrogen-bond donors (Lipinski definition) is 2. The lowest BCUT2D eigenvalue weighted by atomic mass is 10.1. The Bertz CT molecular complexity index is 157. The number of rotatable bonds is 4. The summed E-state index contributed by atoms with van der Waals surface area (Å²) in [7, 11) is 0. The van der Waals surface area contributed by atoms with E-state index in [1.165, 1.54) is 25.9 Å². The topological polar surface area (TPSA) is 35.5 Å². The number of aliphatic hydroxyl groups is 1. The van der Waals surface area contributed by atoms with Crippen LogP contribution in [0.4, 0.5) is 0 Å². The molecule has 3 heteroatoms. The number of nitrogens with zero attached hydrogens (tertiary/aromatic N) is 1. The summed E-state index contributed by atoms with van der Waals surface area (Å²) in [6.07, 6.45) is 3.78. The minimum Gasteiger partial charge on any atom is -0.396 e. The van der Waals surface area contributed by atoms with Gasteiger partial charge in [-0.2, -0.15) is 0 Å². The fourth-order valence-electron chi connectivity index (χ4n) is 2.11. The lowest BCUT2D eigenvalue weighted by Gasteiger charge is -2.36. The second kappa shape index (κ2) is 4.40. The molecule has 2 N–H and O–H groups in total. The van der Waals surface area contributed by atoms with Crippen molar-refractivity contribution < 1.29 is 5.11 Å². The molecule has 1 aliphatic carbocycles. The van der Waals surface area contributed by atoms with Gasteiger partial charge in [-0.25, -0.2) is 0 Å². The van der Waals surface area contributed by atoms with E-state index >= 15 is 0 Å². The molecule has 2 rings (SSSR count). The third-order valence-corrected chi connectivity index (χ3v) is 3.12. The summed E-state index contributed by atoms with van der Waals surface area (Å²) < 4.78 is 0. The summed E-state index contributed by atoms with van der Waals surface area (Å²) >= 11 is 0. The lowest BCUT2D eigenvalue weighted by Crippen LogP contribution is -2.52. The Morgan fingerprint density at radius 2 is 2.23 bits per heavy atom. The first-order valence-electron chi connectivity index (χ1n) is 5.46. The SMILES string of the molecule is OCC[C@@H]1CNCCN1CC1CC1. The van der Waals surface area contributed by atoms with Crippen molar-refractivity contribution in [3.63, 3.8) is 0 Å². The molecule has 1 saturated heterocycles. The Labute approximate surface area is 80.1 Å². The molecular formula is C10H20N2O. The maximum absolute atomic E-state index is 8.93. The second-order valence-corrected chi connectivity index (χ2v) is 4.31. The summed E-state index contributed by atoms with van der Waals surface area (Å²) in [6.45, 7) is 4.95. The monoisotopic (exact) mass is 184 g/mol. The summed E-state index contributed by atoms with van der Waals surface area (Å²) in [5.74, 6) is 0.972. The van der Waals surface area contributed by atoms with Crippen LogP contribution in [-0.2, 0) is 0 Å². The Balaban J connectivity index is 1.79. The molecule has 0 unspecified atom stereocenters. The normalized spacial score (nSPS) is 30.7. The molecule has 0 radical (unpaired) electrons. The molecule has 1 aliphatic heterocycles. The van der Waals surface area contributed by atoms with Gasteiger partial charge in [0, 0.05) is 38.8 Å². The summed E-state index contributed by atoms with van der Waals surface area (Å²) in [5.41, 5.74) is 0. The van der Waals surface area contributed by atoms with E-state index < -0.39 is 0 Å². The molecule has 3 nitrogen and oxygen atoms in total. The number of hydrogen-bond acceptors (Lipinski definition) is 3. The van der Waals surface area contributed by atoms with Crippen LogP contribution in [0.2, 0.25) is 0 Å². The fraction of sp³-hybridized carbons (Fsp3) is 1.00. The molecule has 1 atom stereocenters. The number of piperazine rings is 1. The standard InChI is InChI=1S/C10H20N2O/c13-6-3-10-7-11-4-5-12(10)8-9-1-2-9/h9-11,13H,1-8H2/t10-/m1/s1. The van der Waals surface area contributed by atoms with Crippen molar-refractivity contribution >= 4 is 0 Å². The van der Waals surface area contributed by atoms with Gasteiger partial charge in [-0.05, 0) is 25.2 Å². The first-order chi connectivity index (χ1) is 6.40. The maximum Gasteiger partial charge on any atom is 0.0446 e. The van der Waals surface area contributed by atoms with Gasteiger partial charge in [-0.3, -0.25) is 4.90 Å². The van der Waals surface area contributed by atoms with E-state index in [1.807, 2.05) is 0 Å². The average molecular weight is 184 g/mol. The van der Waals surface area contributed by atoms with Crippen LogP contribution in [0.15, 0.2) is 0 Å². The summed E-state index contributed by atoms with van der Waals surface area (Å²) in [6, 6.07) is 0.583. The minimum absolute atomic E-state index is 0.327. The fourth-order valence-corrected chi connectivity index (χ4v) is 2.11. The van der Waals surface area contributed by atoms with Crippen LogP contribution in [0.25, 0.3) is 0 Å². The molecule has 0 aromatic heterocycles. The Kier molecular flexibility index (Phi) is 3.19. The van der Waals surface area contributed by atoms with Gasteiger partial charge in [0.1, 0.15) is 0 Å². The molecule has 1 heterocycles. The van der Waals surface area contributed by atoms with E-state index in [0.29, 0.717) is 12.6 Å². The quantitative estimate of drug-likeness (QED) is 0.648. The van der Waals surface area contributed by atoms with E-state index in [1.54, 1.807) is 0 Å². The molecule has 0 spiro atoms. The zero-order valence-corrected chi connectivity index (χ0v) is 8.21. The molecule has 13 heavy (non-hydrogen) atoms. The van der Waals surface area contributed by atoms with Crippen LogP contribution in [0, 0.1) is 5.92 Å². The highest BCUT2D eigenvalue weighted by molar-refractivity contribution is 4.85. The van der Waals surface area contributed by atoms with Gasteiger partial charge in [0.15, 0.2) is 0 Å². The Hall–Kier alpha value is -0.120. The highest BCUT2D eigenvalue weighted by Gasteiger charge is 2.29. The average Bonchev–Trinajstić information content (AvgIpc) is 2.93. The van der Waals surface area contributed by atoms with Crippen molar-refractivity contribution in [2.24, 2.45) is 5.92 Å². The van der Waals surface area contributed by atoms with Crippen molar-refractivity contribution in [3.05, 3.63) is 0 Å². The van der Waals surface area contributed by atoms with Gasteiger partial charge in [0.2, 0.25) is 0 Å². The summed E-state index contributed by atoms with van der Waals surface area (Å²) in [4.78, 5) is 2.56. The van der Waals surface area contributed by atoms with Gasteiger partial charge in [0.05, 0.1) is 0 Å². The first-order valence-corrected chi connectivity index (χ1v) is 5.46. The molecule has 2 fully saturated rings. The van der Waals surface area contributed by atoms with Crippen molar-refractivity contribution in [3.8, 4) is 0 Å². The van der Waals surface area contributed by atoms with E-state index in [4.69, 9.17) is 5.11 Å². The summed E-state index contributed by atoms with van der Waals surface area (Å²) in [5, 5.41) is 12.3. The van der Waals surface area contributed by atoms with Crippen LogP contribution >= 0.6 is 0 Å². The van der Waals surface area contributed by atoms with E-state index in [0.717, 1.165) is 25.4 Å². The smallest absolute Gasteiger partial charge is 0.0446 e. The molecular weight excluding hydrogens is 164 g/mol. The van der Waals surface area contributed by atoms with Crippen molar-refractivity contribution in [2.75, 3.05) is 32.8 Å². The van der Waals surface area contributed by atoms with Crippen molar-refractivity contribution in [1.29, 1.82) is 0 Å². The van der Waals surface area contributed by atoms with Crippen molar-refractivity contribution in [2.45, 2.75) is 25.3 Å². The Morgan fingerprint density at radius 3 is 2.92 bits per heavy atom. The van der Waals surface area contributed by atoms with Crippen LogP contribution in [0.5, 0.6) is 0 Å². The first kappa shape index (κ1) is 9.44. The van der Waals surface area contributed by atoms with Crippen LogP contribution in [0.1, 0.15) is 19.3 Å². The van der Waals surface area contributed by atoms with Crippen molar-refractivity contribution in [1.82, 2.24) is 10.2 Å². The number of aliphatic hydroxyl groups excluding tert-OH is 1. The van der Waals surface area contributed by atoms with Gasteiger partial charge in [-0.1, -0.05) is 0 Å². The third kappa shape index (κ3) is 2.66. The van der Waals surface area contributed by atoms with Gasteiger partial charge in [-0.15, -0.1) is 0 Å². The molecule has 2 aliphatic rings. The second-order valence-electron chi connectivity index (χ2n) is 4.31. The molecule has 76 valence electrons. The highest BCUT2D eigenvalue weighted by atomic mass is 16.3. The van der Waals surface area contributed by atoms with Crippen LogP contribution in [-0.4, -0.2) is 48.8 Å². The highest BCUT2D eigenvalue weighted by Crippen LogP contribution is 2.30. The molecule has 1 saturated carbocycles. The molecule has 0 amide bonds. The van der Waals surface area contributed by atoms with Crippen LogP contribution < -0.4 is 5.32 Å². The zero-order chi connectivity index (χ0) is 9.10. The predicted molar refractivity (Wildman–Crippen MR) is 52.7 cm³/mol. The largest absolute Gasteiger partial charge is 0.396 e. The molecule has 0 aromatic carbocycles. The predicted octanol–water partition coefficient (Wildman–Crippen LogP) is 0.0526. The third-order valence-electron chi connectivity index (χ3n) is 3.12. The van der Waals surface area contributed by atoms with E-state index in [-0.39, 0.29) is 0 Å². The zero-order valence-electron chi connectivity index (χ0n) is 8.21. The maximum atomic E-state index is 8.93.